The molecular formula is C34H34F4N6O2. The maximum atomic E-state index is 16.8. The molecule has 7 rings (SSSR count). The van der Waals surface area contributed by atoms with Crippen molar-refractivity contribution in [3.63, 3.8) is 0 Å². The molecule has 0 saturated carbocycles. The van der Waals surface area contributed by atoms with Crippen LogP contribution in [0.2, 0.25) is 0 Å². The molecule has 0 amide bonds. The molecule has 0 radical (unpaired) electrons. The van der Waals surface area contributed by atoms with Crippen molar-refractivity contribution in [1.82, 2.24) is 25.2 Å². The molecule has 12 heteroatoms. The van der Waals surface area contributed by atoms with Crippen molar-refractivity contribution < 1.29 is 27.4 Å². The third-order valence-corrected chi connectivity index (χ3v) is 9.64. The van der Waals surface area contributed by atoms with E-state index in [0.29, 0.717) is 17.7 Å². The van der Waals surface area contributed by atoms with Crippen molar-refractivity contribution in [3.8, 4) is 35.4 Å². The van der Waals surface area contributed by atoms with Crippen LogP contribution in [0.25, 0.3) is 32.9 Å². The Kier molecular flexibility index (Phi) is 7.85. The van der Waals surface area contributed by atoms with Gasteiger partial charge in [-0.3, -0.25) is 10.2 Å². The Morgan fingerprint density at radius 3 is 2.67 bits per heavy atom. The van der Waals surface area contributed by atoms with Gasteiger partial charge in [-0.2, -0.15) is 9.97 Å². The zero-order valence-electron chi connectivity index (χ0n) is 25.3. The number of halogens is 4. The molecule has 3 N–H and O–H groups in total. The van der Waals surface area contributed by atoms with Crippen molar-refractivity contribution in [1.29, 1.82) is 0 Å². The Hall–Kier alpha value is -4.21. The highest BCUT2D eigenvalue weighted by Gasteiger charge is 2.45. The number of aryl methyl sites for hydroxylation is 1. The number of aromatic hydroxyl groups is 1. The van der Waals surface area contributed by atoms with Gasteiger partial charge in [0, 0.05) is 10.9 Å². The van der Waals surface area contributed by atoms with Gasteiger partial charge in [-0.1, -0.05) is 18.9 Å². The molecule has 2 aromatic carbocycles. The normalized spacial score (nSPS) is 20.2. The average molecular weight is 635 g/mol. The van der Waals surface area contributed by atoms with E-state index in [9.17, 15) is 13.9 Å². The third kappa shape index (κ3) is 5.15. The van der Waals surface area contributed by atoms with Crippen molar-refractivity contribution >= 4 is 27.5 Å². The zero-order chi connectivity index (χ0) is 32.2. The molecule has 3 aliphatic heterocycles. The number of nitrogens with zero attached hydrogens (tertiary/aromatic N) is 4. The predicted molar refractivity (Wildman–Crippen MR) is 167 cm³/mol. The molecule has 0 aliphatic carbocycles. The van der Waals surface area contributed by atoms with Gasteiger partial charge in [-0.25, -0.2) is 22.5 Å². The van der Waals surface area contributed by atoms with Gasteiger partial charge in [0.05, 0.1) is 28.2 Å². The Morgan fingerprint density at radius 1 is 1.15 bits per heavy atom. The fourth-order valence-corrected chi connectivity index (χ4v) is 7.33. The minimum Gasteiger partial charge on any atom is -0.508 e. The number of phenols is 1. The molecule has 3 aliphatic rings. The number of anilines is 1. The molecule has 240 valence electrons. The molecule has 2 fully saturated rings. The highest BCUT2D eigenvalue weighted by molar-refractivity contribution is 6.03. The van der Waals surface area contributed by atoms with E-state index in [4.69, 9.17) is 11.2 Å². The second kappa shape index (κ2) is 11.9. The molecule has 46 heavy (non-hydrogen) atoms. The summed E-state index contributed by atoms with van der Waals surface area (Å²) < 4.78 is 67.4. The molecular weight excluding hydrogens is 600 g/mol. The lowest BCUT2D eigenvalue weighted by molar-refractivity contribution is 0.108. The second-order valence-corrected chi connectivity index (χ2v) is 12.4. The Labute approximate surface area is 263 Å². The summed E-state index contributed by atoms with van der Waals surface area (Å²) in [4.78, 5) is 16.1. The summed E-state index contributed by atoms with van der Waals surface area (Å²) in [6.45, 7) is 3.88. The summed E-state index contributed by atoms with van der Waals surface area (Å²) in [5.41, 5.74) is -0.149. The van der Waals surface area contributed by atoms with Gasteiger partial charge in [0.1, 0.15) is 35.2 Å². The van der Waals surface area contributed by atoms with E-state index in [1.165, 1.54) is 24.3 Å². The maximum absolute atomic E-state index is 16.8. The van der Waals surface area contributed by atoms with Crippen LogP contribution in [0.1, 0.15) is 56.7 Å². The lowest BCUT2D eigenvalue weighted by Crippen LogP contribution is -2.44. The van der Waals surface area contributed by atoms with Gasteiger partial charge in [0.15, 0.2) is 18.4 Å². The fraction of sp³-hybridized carbons (Fsp3) is 0.441. The van der Waals surface area contributed by atoms with Crippen LogP contribution in [0.5, 0.6) is 11.8 Å². The topological polar surface area (TPSA) is 95.4 Å². The van der Waals surface area contributed by atoms with Gasteiger partial charge in [-0.15, -0.1) is 6.42 Å². The molecule has 0 bridgehead atoms. The van der Waals surface area contributed by atoms with Crippen LogP contribution in [0.4, 0.5) is 23.4 Å². The number of phenolic OH excluding ortho intramolecular Hbond substituents is 1. The minimum atomic E-state index is -1.79. The Morgan fingerprint density at radius 2 is 1.93 bits per heavy atom. The largest absolute Gasteiger partial charge is 0.508 e. The van der Waals surface area contributed by atoms with Gasteiger partial charge in [0.2, 0.25) is 0 Å². The van der Waals surface area contributed by atoms with E-state index < -0.39 is 30.3 Å². The molecule has 5 heterocycles. The number of alkyl halides is 2. The van der Waals surface area contributed by atoms with E-state index in [0.717, 1.165) is 38.8 Å². The van der Waals surface area contributed by atoms with E-state index in [1.807, 2.05) is 0 Å². The van der Waals surface area contributed by atoms with E-state index in [2.05, 4.69) is 36.4 Å². The Balaban J connectivity index is 1.39. The first kappa shape index (κ1) is 30.4. The van der Waals surface area contributed by atoms with Crippen LogP contribution in [-0.2, 0) is 6.42 Å². The van der Waals surface area contributed by atoms with Crippen molar-refractivity contribution in [3.05, 3.63) is 47.2 Å². The van der Waals surface area contributed by atoms with Crippen LogP contribution < -0.4 is 15.4 Å². The first-order valence-corrected chi connectivity index (χ1v) is 15.7. The number of pyridine rings is 1. The van der Waals surface area contributed by atoms with Crippen LogP contribution >= 0.6 is 0 Å². The summed E-state index contributed by atoms with van der Waals surface area (Å²) in [7, 11) is 0. The summed E-state index contributed by atoms with van der Waals surface area (Å²) in [6.07, 6.45) is 6.78. The summed E-state index contributed by atoms with van der Waals surface area (Å²) >= 11 is 0. The van der Waals surface area contributed by atoms with Crippen LogP contribution in [-0.4, -0.2) is 68.8 Å². The first-order chi connectivity index (χ1) is 22.2. The van der Waals surface area contributed by atoms with Gasteiger partial charge in [0.25, 0.3) is 0 Å². The summed E-state index contributed by atoms with van der Waals surface area (Å²) in [5.74, 6) is 0.728. The number of fused-ring (bicyclic) bond motifs is 2. The smallest absolute Gasteiger partial charge is 0.319 e. The number of ether oxygens (including phenoxy) is 1. The SMILES string of the molecule is C#Cc1c(F)ccc2cc(O)cc(-c3nc4c5c(nc(OCC67CCCN6CCC7)nc5c3F)NC(C(F)NC(F)CC)CC4)c12. The van der Waals surface area contributed by atoms with Crippen molar-refractivity contribution in [2.24, 2.45) is 0 Å². The van der Waals surface area contributed by atoms with Crippen molar-refractivity contribution in [2.75, 3.05) is 25.0 Å². The standard InChI is InChI=1S/C34H34F4N6O2/c1-3-20-22(35)8-7-18-15-19(45)16-21(26(18)20)29-28(37)30-27-23(39-29)9-10-24(31(38)41-25(36)4-2)40-32(27)43-33(42-30)46-17-34-11-5-13-44(34)14-6-12-34/h1,7-8,15-16,24-25,31,41,45H,4-6,9-14,17H2,2H3,(H,40,42,43). The number of nitrogens with one attached hydrogen (secondary N) is 2. The fourth-order valence-electron chi connectivity index (χ4n) is 7.33. The molecule has 2 saturated heterocycles. The second-order valence-electron chi connectivity index (χ2n) is 12.4. The van der Waals surface area contributed by atoms with Crippen LogP contribution in [0, 0.1) is 24.0 Å². The zero-order valence-corrected chi connectivity index (χ0v) is 25.3. The molecule has 3 atom stereocenters. The maximum Gasteiger partial charge on any atom is 0.319 e. The summed E-state index contributed by atoms with van der Waals surface area (Å²) in [5, 5.41) is 16.8. The number of hydrogen-bond acceptors (Lipinski definition) is 8. The summed E-state index contributed by atoms with van der Waals surface area (Å²) in [6, 6.07) is 4.30. The van der Waals surface area contributed by atoms with Crippen LogP contribution in [0.3, 0.4) is 0 Å². The average Bonchev–Trinajstić information content (AvgIpc) is 3.57. The number of hydrogen-bond donors (Lipinski definition) is 3. The third-order valence-electron chi connectivity index (χ3n) is 9.64. The molecule has 3 unspecified atom stereocenters. The monoisotopic (exact) mass is 634 g/mol. The highest BCUT2D eigenvalue weighted by Crippen LogP contribution is 2.42. The Bertz CT molecular complexity index is 1870. The highest BCUT2D eigenvalue weighted by atomic mass is 19.2. The number of benzene rings is 2. The predicted octanol–water partition coefficient (Wildman–Crippen LogP) is 6.13. The van der Waals surface area contributed by atoms with E-state index in [-0.39, 0.29) is 75.5 Å². The molecule has 2 aromatic heterocycles. The molecule has 4 aromatic rings. The van der Waals surface area contributed by atoms with E-state index >= 15 is 8.78 Å². The number of terminal acetylenes is 1. The van der Waals surface area contributed by atoms with E-state index in [1.54, 1.807) is 6.92 Å². The quantitative estimate of drug-likeness (QED) is 0.121. The molecule has 0 spiro atoms. The van der Waals surface area contributed by atoms with Gasteiger partial charge < -0.3 is 15.2 Å². The minimum absolute atomic E-state index is 0.0779. The van der Waals surface area contributed by atoms with Gasteiger partial charge >= 0.3 is 6.01 Å². The van der Waals surface area contributed by atoms with Crippen LogP contribution in [0.15, 0.2) is 24.3 Å². The number of aromatic nitrogens is 3. The first-order valence-electron chi connectivity index (χ1n) is 15.7. The number of rotatable bonds is 8. The lowest BCUT2D eigenvalue weighted by Gasteiger charge is -2.31. The van der Waals surface area contributed by atoms with Crippen molar-refractivity contribution in [2.45, 2.75) is 76.0 Å². The lowest BCUT2D eigenvalue weighted by atomic mass is 9.95. The van der Waals surface area contributed by atoms with Gasteiger partial charge in [-0.05, 0) is 81.6 Å². The molecule has 8 nitrogen and oxygen atoms in total.